The molecule has 13 heteroatoms. The van der Waals surface area contributed by atoms with Crippen molar-refractivity contribution in [2.24, 2.45) is 0 Å². The Morgan fingerprint density at radius 2 is 1.89 bits per heavy atom. The molecule has 0 aliphatic carbocycles. The van der Waals surface area contributed by atoms with Crippen molar-refractivity contribution >= 4 is 24.9 Å². The maximum absolute atomic E-state index is 15.7. The minimum atomic E-state index is -1.38. The monoisotopic (exact) mass is 627 g/mol. The van der Waals surface area contributed by atoms with Gasteiger partial charge in [-0.25, -0.2) is 29.3 Å². The van der Waals surface area contributed by atoms with Crippen molar-refractivity contribution in [3.8, 4) is 52.2 Å². The minimum Gasteiger partial charge on any atom is -0.490 e. The number of anilines is 1. The van der Waals surface area contributed by atoms with Gasteiger partial charge in [-0.3, -0.25) is 0 Å². The zero-order chi connectivity index (χ0) is 32.1. The highest BCUT2D eigenvalue weighted by Gasteiger charge is 2.27. The fourth-order valence-corrected chi connectivity index (χ4v) is 5.45. The van der Waals surface area contributed by atoms with E-state index >= 15 is 4.39 Å². The van der Waals surface area contributed by atoms with Crippen LogP contribution in [0.1, 0.15) is 11.4 Å². The zero-order valence-electron chi connectivity index (χ0n) is 25.5. The topological polar surface area (TPSA) is 143 Å². The summed E-state index contributed by atoms with van der Waals surface area (Å²) in [5, 5.41) is 10.0. The van der Waals surface area contributed by atoms with Gasteiger partial charge in [0.05, 0.1) is 23.3 Å². The Morgan fingerprint density at radius 3 is 2.60 bits per heavy atom. The number of nitrogen functional groups attached to an aromatic ring is 1. The molecule has 232 valence electrons. The molecule has 0 aliphatic heterocycles. The maximum Gasteiger partial charge on any atom is 0.322 e. The lowest BCUT2D eigenvalue weighted by Crippen LogP contribution is -2.22. The number of hydrogen-bond donors (Lipinski definition) is 2. The van der Waals surface area contributed by atoms with Crippen LogP contribution in [0.25, 0.3) is 33.4 Å². The Kier molecular flexibility index (Phi) is 9.38. The van der Waals surface area contributed by atoms with E-state index in [-0.39, 0.29) is 37.5 Å². The molecule has 5 rings (SSSR count). The SMILES string of the molecule is C#Cc1cc(OCCO)c(-c2c(-c3ccc(Oc4nccc(C)n4)c(F)c3)c3c(N)ncnc3n2COCC[Si](C)(C)C)cn1. The van der Waals surface area contributed by atoms with Gasteiger partial charge in [-0.1, -0.05) is 31.6 Å². The lowest BCUT2D eigenvalue weighted by molar-refractivity contribution is 0.0909. The minimum absolute atomic E-state index is 0.00688. The maximum atomic E-state index is 15.7. The molecule has 3 N–H and O–H groups in total. The van der Waals surface area contributed by atoms with Gasteiger partial charge in [0.2, 0.25) is 0 Å². The number of aliphatic hydroxyl groups is 1. The largest absolute Gasteiger partial charge is 0.490 e. The molecule has 0 fully saturated rings. The number of pyridine rings is 1. The summed E-state index contributed by atoms with van der Waals surface area (Å²) >= 11 is 0. The van der Waals surface area contributed by atoms with Crippen LogP contribution in [0.2, 0.25) is 25.7 Å². The molecule has 0 bridgehead atoms. The number of nitrogens with zero attached hydrogens (tertiary/aromatic N) is 6. The number of aromatic nitrogens is 6. The van der Waals surface area contributed by atoms with Gasteiger partial charge in [0, 0.05) is 44.4 Å². The molecule has 1 aromatic carbocycles. The van der Waals surface area contributed by atoms with Crippen LogP contribution in [0, 0.1) is 25.1 Å². The van der Waals surface area contributed by atoms with Crippen LogP contribution in [0.4, 0.5) is 10.2 Å². The van der Waals surface area contributed by atoms with E-state index in [0.29, 0.717) is 57.2 Å². The lowest BCUT2D eigenvalue weighted by Gasteiger charge is -2.18. The molecular weight excluding hydrogens is 593 g/mol. The van der Waals surface area contributed by atoms with Crippen molar-refractivity contribution in [2.45, 2.75) is 39.3 Å². The lowest BCUT2D eigenvalue weighted by atomic mass is 9.98. The third-order valence-electron chi connectivity index (χ3n) is 6.90. The molecule has 45 heavy (non-hydrogen) atoms. The summed E-state index contributed by atoms with van der Waals surface area (Å²) in [6.45, 7) is 9.04. The number of aliphatic hydroxyl groups excluding tert-OH is 1. The predicted molar refractivity (Wildman–Crippen MR) is 172 cm³/mol. The Labute approximate surface area is 261 Å². The van der Waals surface area contributed by atoms with Crippen LogP contribution in [0.5, 0.6) is 17.5 Å². The summed E-state index contributed by atoms with van der Waals surface area (Å²) in [6.07, 6.45) is 10.1. The van der Waals surface area contributed by atoms with E-state index in [4.69, 9.17) is 26.4 Å². The molecule has 11 nitrogen and oxygen atoms in total. The van der Waals surface area contributed by atoms with Crippen molar-refractivity contribution < 1.29 is 23.7 Å². The first-order chi connectivity index (χ1) is 21.6. The van der Waals surface area contributed by atoms with Crippen molar-refractivity contribution in [1.82, 2.24) is 29.5 Å². The Bertz CT molecular complexity index is 1880. The summed E-state index contributed by atoms with van der Waals surface area (Å²) in [7, 11) is -1.38. The van der Waals surface area contributed by atoms with Gasteiger partial charge in [0.15, 0.2) is 11.6 Å². The number of hydrogen-bond acceptors (Lipinski definition) is 10. The average Bonchev–Trinajstić information content (AvgIpc) is 3.33. The van der Waals surface area contributed by atoms with Gasteiger partial charge >= 0.3 is 6.01 Å². The van der Waals surface area contributed by atoms with Crippen LogP contribution in [0.3, 0.4) is 0 Å². The van der Waals surface area contributed by atoms with Crippen LogP contribution >= 0.6 is 0 Å². The molecule has 0 saturated carbocycles. The first-order valence-corrected chi connectivity index (χ1v) is 18.0. The summed E-state index contributed by atoms with van der Waals surface area (Å²) in [5.74, 6) is 2.37. The van der Waals surface area contributed by atoms with E-state index in [9.17, 15) is 5.11 Å². The summed E-state index contributed by atoms with van der Waals surface area (Å²) in [5.41, 5.74) is 10.0. The molecule has 0 radical (unpaired) electrons. The third-order valence-corrected chi connectivity index (χ3v) is 8.60. The van der Waals surface area contributed by atoms with Gasteiger partial charge in [0.1, 0.15) is 42.6 Å². The Hall–Kier alpha value is -4.90. The first kappa shape index (κ1) is 31.5. The van der Waals surface area contributed by atoms with E-state index < -0.39 is 13.9 Å². The van der Waals surface area contributed by atoms with E-state index in [1.807, 2.05) is 4.57 Å². The summed E-state index contributed by atoms with van der Waals surface area (Å²) in [4.78, 5) is 21.5. The molecular formula is C32H34FN7O4Si. The molecule has 0 unspecified atom stereocenters. The molecule has 0 aliphatic rings. The number of aryl methyl sites for hydroxylation is 1. The smallest absolute Gasteiger partial charge is 0.322 e. The summed E-state index contributed by atoms with van der Waals surface area (Å²) < 4.78 is 35.3. The van der Waals surface area contributed by atoms with Crippen molar-refractivity contribution in [3.05, 3.63) is 66.3 Å². The van der Waals surface area contributed by atoms with E-state index in [1.54, 1.807) is 31.3 Å². The van der Waals surface area contributed by atoms with E-state index in [2.05, 4.69) is 50.5 Å². The quantitative estimate of drug-likeness (QED) is 0.104. The van der Waals surface area contributed by atoms with Crippen LogP contribution in [0.15, 0.2) is 49.1 Å². The fourth-order valence-electron chi connectivity index (χ4n) is 4.70. The number of terminal acetylenes is 1. The molecule has 5 aromatic rings. The van der Waals surface area contributed by atoms with Crippen molar-refractivity contribution in [3.63, 3.8) is 0 Å². The number of fused-ring (bicyclic) bond motifs is 1. The van der Waals surface area contributed by atoms with Crippen LogP contribution in [-0.4, -0.2) is 62.5 Å². The molecule has 0 atom stereocenters. The summed E-state index contributed by atoms with van der Waals surface area (Å²) in [6, 6.07) is 8.84. The zero-order valence-corrected chi connectivity index (χ0v) is 26.5. The molecule has 4 aromatic heterocycles. The van der Waals surface area contributed by atoms with Gasteiger partial charge < -0.3 is 29.6 Å². The van der Waals surface area contributed by atoms with Gasteiger partial charge in [-0.05, 0) is 36.7 Å². The van der Waals surface area contributed by atoms with Gasteiger partial charge in [-0.2, -0.15) is 0 Å². The highest BCUT2D eigenvalue weighted by molar-refractivity contribution is 6.76. The van der Waals surface area contributed by atoms with Gasteiger partial charge in [0.25, 0.3) is 0 Å². The van der Waals surface area contributed by atoms with Gasteiger partial charge in [-0.15, -0.1) is 6.42 Å². The highest BCUT2D eigenvalue weighted by atomic mass is 28.3. The Morgan fingerprint density at radius 1 is 1.07 bits per heavy atom. The highest BCUT2D eigenvalue weighted by Crippen LogP contribution is 2.45. The normalized spacial score (nSPS) is 11.5. The standard InChI is InChI=1S/C32H34FN7O4Si/c1-6-22-16-26(43-12-11-41)23(17-36-22)29-27(21-7-8-25(24(33)15-21)44-32-35-10-9-20(2)39-32)28-30(34)37-18-38-31(28)40(29)19-42-13-14-45(3,4)5/h1,7-10,15-18,41H,11-14,19H2,2-5H3,(H2,34,37,38). The number of nitrogens with two attached hydrogens (primary N) is 1. The molecule has 0 spiro atoms. The third kappa shape index (κ3) is 7.09. The molecule has 0 amide bonds. The fraction of sp³-hybridized carbons (Fsp3) is 0.281. The number of halogens is 1. The average molecular weight is 628 g/mol. The van der Waals surface area contributed by atoms with E-state index in [0.717, 1.165) is 6.04 Å². The second kappa shape index (κ2) is 13.4. The molecule has 4 heterocycles. The van der Waals surface area contributed by atoms with Crippen LogP contribution < -0.4 is 15.2 Å². The van der Waals surface area contributed by atoms with Crippen molar-refractivity contribution in [1.29, 1.82) is 0 Å². The van der Waals surface area contributed by atoms with E-state index in [1.165, 1.54) is 24.7 Å². The second-order valence-electron chi connectivity index (χ2n) is 11.5. The predicted octanol–water partition coefficient (Wildman–Crippen LogP) is 5.44. The molecule has 0 saturated heterocycles. The number of rotatable bonds is 12. The Balaban J connectivity index is 1.72. The number of benzene rings is 1. The van der Waals surface area contributed by atoms with Crippen LogP contribution in [-0.2, 0) is 11.5 Å². The van der Waals surface area contributed by atoms with Crippen molar-refractivity contribution in [2.75, 3.05) is 25.6 Å². The number of ether oxygens (including phenoxy) is 3. The second-order valence-corrected chi connectivity index (χ2v) is 17.1. The first-order valence-electron chi connectivity index (χ1n) is 14.3.